The average Bonchev–Trinajstić information content (AvgIpc) is 2.86. The SMILES string of the molecule is CCCn1c(CNC[C@H]2CCCN(C)C2)nc2ccccc21. The quantitative estimate of drug-likeness (QED) is 0.890. The highest BCUT2D eigenvalue weighted by atomic mass is 15.1. The largest absolute Gasteiger partial charge is 0.327 e. The van der Waals surface area contributed by atoms with Crippen LogP contribution in [0.3, 0.4) is 0 Å². The molecule has 1 fully saturated rings. The van der Waals surface area contributed by atoms with E-state index in [0.717, 1.165) is 37.5 Å². The molecule has 1 atom stereocenters. The Morgan fingerprint density at radius 2 is 2.18 bits per heavy atom. The van der Waals surface area contributed by atoms with E-state index in [4.69, 9.17) is 4.98 Å². The molecule has 4 nitrogen and oxygen atoms in total. The number of rotatable bonds is 6. The number of piperidine rings is 1. The normalized spacial score (nSPS) is 19.8. The lowest BCUT2D eigenvalue weighted by molar-refractivity contribution is 0.206. The van der Waals surface area contributed by atoms with Gasteiger partial charge < -0.3 is 14.8 Å². The summed E-state index contributed by atoms with van der Waals surface area (Å²) in [7, 11) is 2.23. The fraction of sp³-hybridized carbons (Fsp3) is 0.611. The number of likely N-dealkylation sites (tertiary alicyclic amines) is 1. The van der Waals surface area contributed by atoms with Gasteiger partial charge in [-0.2, -0.15) is 0 Å². The first-order chi connectivity index (χ1) is 10.8. The minimum absolute atomic E-state index is 0.780. The average molecular weight is 300 g/mol. The Balaban J connectivity index is 1.64. The van der Waals surface area contributed by atoms with Crippen molar-refractivity contribution >= 4 is 11.0 Å². The molecular weight excluding hydrogens is 272 g/mol. The standard InChI is InChI=1S/C18H28N4/c1-3-10-22-17-9-5-4-8-16(17)20-18(22)13-19-12-15-7-6-11-21(2)14-15/h4-5,8-9,15,19H,3,6-7,10-14H2,1-2H3/t15-/m1/s1. The summed E-state index contributed by atoms with van der Waals surface area (Å²) in [6.07, 6.45) is 3.82. The first-order valence-electron chi connectivity index (χ1n) is 8.61. The van der Waals surface area contributed by atoms with Crippen molar-refractivity contribution in [1.29, 1.82) is 0 Å². The Labute approximate surface area is 133 Å². The number of imidazole rings is 1. The molecule has 1 aliphatic rings. The second-order valence-electron chi connectivity index (χ2n) is 6.57. The Hall–Kier alpha value is -1.39. The highest BCUT2D eigenvalue weighted by Crippen LogP contribution is 2.17. The van der Waals surface area contributed by atoms with Crippen LogP contribution in [0.1, 0.15) is 32.0 Å². The van der Waals surface area contributed by atoms with Gasteiger partial charge in [0.05, 0.1) is 17.6 Å². The van der Waals surface area contributed by atoms with Crippen LogP contribution < -0.4 is 5.32 Å². The van der Waals surface area contributed by atoms with E-state index in [9.17, 15) is 0 Å². The van der Waals surface area contributed by atoms with Crippen LogP contribution in [0.15, 0.2) is 24.3 Å². The molecule has 3 rings (SSSR count). The molecule has 0 unspecified atom stereocenters. The van der Waals surface area contributed by atoms with Gasteiger partial charge >= 0.3 is 0 Å². The van der Waals surface area contributed by atoms with Gasteiger partial charge in [-0.1, -0.05) is 19.1 Å². The maximum absolute atomic E-state index is 4.82. The van der Waals surface area contributed by atoms with Crippen LogP contribution in [0, 0.1) is 5.92 Å². The van der Waals surface area contributed by atoms with E-state index in [2.05, 4.69) is 53.0 Å². The molecule has 1 N–H and O–H groups in total. The predicted molar refractivity (Wildman–Crippen MR) is 92.0 cm³/mol. The van der Waals surface area contributed by atoms with Gasteiger partial charge in [0.25, 0.3) is 0 Å². The lowest BCUT2D eigenvalue weighted by Gasteiger charge is -2.29. The van der Waals surface area contributed by atoms with Crippen LogP contribution in [-0.2, 0) is 13.1 Å². The van der Waals surface area contributed by atoms with Crippen molar-refractivity contribution in [2.75, 3.05) is 26.7 Å². The van der Waals surface area contributed by atoms with Gasteiger partial charge in [0.15, 0.2) is 0 Å². The van der Waals surface area contributed by atoms with Crippen molar-refractivity contribution in [3.8, 4) is 0 Å². The number of fused-ring (bicyclic) bond motifs is 1. The molecule has 4 heteroatoms. The number of aryl methyl sites for hydroxylation is 1. The van der Waals surface area contributed by atoms with Crippen LogP contribution in [0.2, 0.25) is 0 Å². The number of nitrogens with zero attached hydrogens (tertiary/aromatic N) is 3. The first kappa shape index (κ1) is 15.5. The lowest BCUT2D eigenvalue weighted by atomic mass is 9.98. The van der Waals surface area contributed by atoms with Crippen molar-refractivity contribution in [2.24, 2.45) is 5.92 Å². The molecule has 0 spiro atoms. The van der Waals surface area contributed by atoms with Crippen molar-refractivity contribution in [1.82, 2.24) is 19.8 Å². The summed E-state index contributed by atoms with van der Waals surface area (Å²) in [6, 6.07) is 8.46. The Morgan fingerprint density at radius 1 is 1.32 bits per heavy atom. The molecule has 1 aromatic carbocycles. The molecule has 120 valence electrons. The Bertz CT molecular complexity index is 604. The van der Waals surface area contributed by atoms with Crippen LogP contribution in [0.25, 0.3) is 11.0 Å². The van der Waals surface area contributed by atoms with E-state index in [1.54, 1.807) is 0 Å². The van der Waals surface area contributed by atoms with Crippen LogP contribution in [0.4, 0.5) is 0 Å². The van der Waals surface area contributed by atoms with Gasteiger partial charge in [-0.25, -0.2) is 4.98 Å². The first-order valence-corrected chi connectivity index (χ1v) is 8.61. The molecule has 1 saturated heterocycles. The number of para-hydroxylation sites is 2. The van der Waals surface area contributed by atoms with Gasteiger partial charge in [0.1, 0.15) is 5.82 Å². The molecular formula is C18H28N4. The van der Waals surface area contributed by atoms with Crippen LogP contribution in [0.5, 0.6) is 0 Å². The van der Waals surface area contributed by atoms with E-state index in [0.29, 0.717) is 0 Å². The van der Waals surface area contributed by atoms with Crippen LogP contribution >= 0.6 is 0 Å². The topological polar surface area (TPSA) is 33.1 Å². The zero-order valence-electron chi connectivity index (χ0n) is 13.9. The van der Waals surface area contributed by atoms with E-state index >= 15 is 0 Å². The molecule has 0 bridgehead atoms. The van der Waals surface area contributed by atoms with Crippen LogP contribution in [-0.4, -0.2) is 41.1 Å². The molecule has 0 amide bonds. The molecule has 0 aliphatic carbocycles. The van der Waals surface area contributed by atoms with Crippen molar-refractivity contribution in [2.45, 2.75) is 39.3 Å². The summed E-state index contributed by atoms with van der Waals surface area (Å²) < 4.78 is 2.37. The maximum atomic E-state index is 4.82. The highest BCUT2D eigenvalue weighted by molar-refractivity contribution is 5.75. The number of benzene rings is 1. The summed E-state index contributed by atoms with van der Waals surface area (Å²) in [6.45, 7) is 7.71. The van der Waals surface area contributed by atoms with E-state index in [1.807, 2.05) is 0 Å². The second-order valence-corrected chi connectivity index (χ2v) is 6.57. The second kappa shape index (κ2) is 7.25. The third-order valence-corrected chi connectivity index (χ3v) is 4.62. The number of hydrogen-bond acceptors (Lipinski definition) is 3. The predicted octanol–water partition coefficient (Wildman–Crippen LogP) is 2.88. The summed E-state index contributed by atoms with van der Waals surface area (Å²) in [4.78, 5) is 7.27. The van der Waals surface area contributed by atoms with E-state index < -0.39 is 0 Å². The maximum Gasteiger partial charge on any atom is 0.123 e. The summed E-state index contributed by atoms with van der Waals surface area (Å²) in [5.74, 6) is 1.95. The van der Waals surface area contributed by atoms with Crippen molar-refractivity contribution in [3.63, 3.8) is 0 Å². The molecule has 1 aromatic heterocycles. The summed E-state index contributed by atoms with van der Waals surface area (Å²) in [5.41, 5.74) is 2.38. The monoisotopic (exact) mass is 300 g/mol. The number of hydrogen-bond donors (Lipinski definition) is 1. The van der Waals surface area contributed by atoms with Gasteiger partial charge in [-0.05, 0) is 57.5 Å². The molecule has 0 saturated carbocycles. The zero-order chi connectivity index (χ0) is 15.4. The third-order valence-electron chi connectivity index (χ3n) is 4.62. The minimum Gasteiger partial charge on any atom is -0.327 e. The number of aromatic nitrogens is 2. The Morgan fingerprint density at radius 3 is 3.00 bits per heavy atom. The molecule has 1 aliphatic heterocycles. The molecule has 0 radical (unpaired) electrons. The fourth-order valence-corrected chi connectivity index (χ4v) is 3.56. The van der Waals surface area contributed by atoms with E-state index in [1.165, 1.54) is 37.3 Å². The zero-order valence-corrected chi connectivity index (χ0v) is 13.9. The van der Waals surface area contributed by atoms with Gasteiger partial charge in [-0.15, -0.1) is 0 Å². The van der Waals surface area contributed by atoms with Gasteiger partial charge in [-0.3, -0.25) is 0 Å². The van der Waals surface area contributed by atoms with Gasteiger partial charge in [0.2, 0.25) is 0 Å². The van der Waals surface area contributed by atoms with Crippen molar-refractivity contribution < 1.29 is 0 Å². The smallest absolute Gasteiger partial charge is 0.123 e. The summed E-state index contributed by atoms with van der Waals surface area (Å²) >= 11 is 0. The third kappa shape index (κ3) is 3.50. The fourth-order valence-electron chi connectivity index (χ4n) is 3.56. The highest BCUT2D eigenvalue weighted by Gasteiger charge is 2.17. The molecule has 2 aromatic rings. The molecule has 2 heterocycles. The Kier molecular flexibility index (Phi) is 5.11. The molecule has 22 heavy (non-hydrogen) atoms. The number of nitrogens with one attached hydrogen (secondary N) is 1. The van der Waals surface area contributed by atoms with E-state index in [-0.39, 0.29) is 0 Å². The lowest BCUT2D eigenvalue weighted by Crippen LogP contribution is -2.37. The minimum atomic E-state index is 0.780. The summed E-state index contributed by atoms with van der Waals surface area (Å²) in [5, 5.41) is 3.64. The van der Waals surface area contributed by atoms with Gasteiger partial charge in [0, 0.05) is 13.1 Å². The van der Waals surface area contributed by atoms with Crippen molar-refractivity contribution in [3.05, 3.63) is 30.1 Å².